The number of para-hydroxylation sites is 1. The zero-order valence-corrected chi connectivity index (χ0v) is 69.8. The van der Waals surface area contributed by atoms with Gasteiger partial charge in [-0.05, 0) is 263 Å². The van der Waals surface area contributed by atoms with Gasteiger partial charge in [0.05, 0.1) is 5.69 Å². The molecule has 0 atom stereocenters. The lowest BCUT2D eigenvalue weighted by Gasteiger charge is -2.36. The fraction of sp³-hybridized carbons (Fsp3) is 0.103. The zero-order valence-electron chi connectivity index (χ0n) is 69.8. The van der Waals surface area contributed by atoms with Crippen LogP contribution >= 0.6 is 0 Å². The Morgan fingerprint density at radius 3 is 0.992 bits per heavy atom. The van der Waals surface area contributed by atoms with E-state index < -0.39 is 0 Å². The van der Waals surface area contributed by atoms with Crippen LogP contribution in [0, 0.1) is 0 Å². The second kappa shape index (κ2) is 33.0. The molecule has 123 heavy (non-hydrogen) atoms. The van der Waals surface area contributed by atoms with Gasteiger partial charge in [0.1, 0.15) is 0 Å². The molecule has 0 unspecified atom stereocenters. The van der Waals surface area contributed by atoms with E-state index in [0.717, 1.165) is 67.8 Å². The van der Waals surface area contributed by atoms with E-state index in [1.807, 2.05) is 49.3 Å². The molecule has 0 bridgehead atoms. The third kappa shape index (κ3) is 14.7. The van der Waals surface area contributed by atoms with Crippen LogP contribution in [-0.4, -0.2) is 15.0 Å². The zero-order chi connectivity index (χ0) is 82.9. The summed E-state index contributed by atoms with van der Waals surface area (Å²) in [6, 6.07) is 145. The van der Waals surface area contributed by atoms with E-state index in [2.05, 4.69) is 446 Å². The minimum atomic E-state index is -0.0758. The first kappa shape index (κ1) is 76.8. The van der Waals surface area contributed by atoms with Gasteiger partial charge in [0.2, 0.25) is 0 Å². The molecular weight excluding hydrogens is 1490 g/mol. The van der Waals surface area contributed by atoms with E-state index >= 15 is 0 Å². The third-order valence-electron chi connectivity index (χ3n) is 25.9. The van der Waals surface area contributed by atoms with Crippen molar-refractivity contribution in [3.63, 3.8) is 0 Å². The summed E-state index contributed by atoms with van der Waals surface area (Å²) in [7, 11) is 0. The van der Waals surface area contributed by atoms with Gasteiger partial charge in [0, 0.05) is 110 Å². The van der Waals surface area contributed by atoms with Crippen LogP contribution in [0.4, 0.5) is 51.2 Å². The topological polar surface area (TPSA) is 48.4 Å². The van der Waals surface area contributed by atoms with Crippen molar-refractivity contribution < 1.29 is 0 Å². The summed E-state index contributed by atoms with van der Waals surface area (Å²) in [5.74, 6) is 0. The summed E-state index contributed by atoms with van der Waals surface area (Å²) in [5.41, 5.74) is 41.1. The van der Waals surface area contributed by atoms with Gasteiger partial charge in [0.15, 0.2) is 0 Å². The first-order valence-electron chi connectivity index (χ1n) is 43.1. The Labute approximate surface area is 723 Å². The number of pyridine rings is 3. The molecule has 0 radical (unpaired) electrons. The minimum Gasteiger partial charge on any atom is -0.310 e. The van der Waals surface area contributed by atoms with Crippen LogP contribution in [0.25, 0.3) is 100 Å². The van der Waals surface area contributed by atoms with E-state index in [-0.39, 0.29) is 16.2 Å². The highest BCUT2D eigenvalue weighted by molar-refractivity contribution is 5.93. The maximum absolute atomic E-state index is 4.42. The molecule has 6 nitrogen and oxygen atoms in total. The number of hydrogen-bond acceptors (Lipinski definition) is 6. The molecule has 4 aliphatic carbocycles. The maximum Gasteiger partial charge on any atom is 0.0540 e. The first-order chi connectivity index (χ1) is 60.5. The molecule has 1 spiro atoms. The van der Waals surface area contributed by atoms with Gasteiger partial charge in [-0.1, -0.05) is 320 Å². The van der Waals surface area contributed by atoms with E-state index in [1.165, 1.54) is 149 Å². The molecular formula is C117H94N6. The Morgan fingerprint density at radius 1 is 0.195 bits per heavy atom. The van der Waals surface area contributed by atoms with Gasteiger partial charge in [-0.15, -0.1) is 0 Å². The fourth-order valence-electron chi connectivity index (χ4n) is 19.7. The van der Waals surface area contributed by atoms with Crippen molar-refractivity contribution in [2.45, 2.75) is 76.0 Å². The number of hydrogen-bond donors (Lipinski definition) is 0. The van der Waals surface area contributed by atoms with Crippen LogP contribution < -0.4 is 14.7 Å². The van der Waals surface area contributed by atoms with Crippen LogP contribution in [-0.2, 0) is 16.2 Å². The predicted octanol–water partition coefficient (Wildman–Crippen LogP) is 31.5. The highest BCUT2D eigenvalue weighted by Gasteiger charge is 2.44. The van der Waals surface area contributed by atoms with Crippen LogP contribution in [0.2, 0.25) is 0 Å². The third-order valence-corrected chi connectivity index (χ3v) is 25.9. The van der Waals surface area contributed by atoms with Crippen molar-refractivity contribution in [1.82, 2.24) is 15.0 Å². The SMILES string of the molecule is CC1(C)c2ccccc2-c2ccc(N(c3ccc(-c4ccccc4)cc3)c3ccc(-c4cccnc4)cc3)cc21.CC1(C)c2ccccc2-c2ccc(N(c3ccc(-c4ccccc4)cc3)c3ccccc3-c3cccnc3)cc21.c1ccc(-c2ccc(N(c3cccc(-c4ccncc4)c3)c3ccc4c(c3)C3(CCCCC3)c3ccccc3-4)cc2)cc1. The summed E-state index contributed by atoms with van der Waals surface area (Å²) < 4.78 is 0. The first-order valence-corrected chi connectivity index (χ1v) is 43.1. The molecule has 0 amide bonds. The molecule has 0 saturated heterocycles. The van der Waals surface area contributed by atoms with Gasteiger partial charge in [0.25, 0.3) is 0 Å². The molecule has 18 aromatic rings. The average molecular weight is 1580 g/mol. The highest BCUT2D eigenvalue weighted by atomic mass is 15.2. The van der Waals surface area contributed by atoms with Crippen molar-refractivity contribution in [2.24, 2.45) is 0 Å². The number of aromatic nitrogens is 3. The Hall–Kier alpha value is -14.9. The normalized spacial score (nSPS) is 13.6. The monoisotopic (exact) mass is 1580 g/mol. The fourth-order valence-corrected chi connectivity index (χ4v) is 19.7. The standard InChI is InChI=1S/C41H34N2.2C38H30N2/c1-3-10-30(11-4-1)31-16-18-34(19-17-31)43(35-13-9-12-33(28-35)32-22-26-42-27-23-32)36-20-21-38-37-14-5-6-15-39(37)41(40(38)29-36)24-7-2-8-25-41;1-38(2)35-16-8-6-15-33(35)34-23-22-31(25-36(34)38)40(30-20-18-28(19-21-30)27-11-4-3-5-12-27)37-17-9-7-14-32(37)29-13-10-24-39-26-29;1-38(2)36-13-7-6-12-34(36)35-23-22-33(25-37(35)38)40(31-18-14-28(15-19-31)27-9-4-3-5-10-27)32-20-16-29(17-21-32)30-11-8-24-39-26-30/h1,3-6,9-23,26-29H,2,7-8,24-25H2;2*3-26H,1-2H3. The van der Waals surface area contributed by atoms with Gasteiger partial charge in [-0.3, -0.25) is 15.0 Å². The Kier molecular flexibility index (Phi) is 20.6. The van der Waals surface area contributed by atoms with Crippen LogP contribution in [0.3, 0.4) is 0 Å². The number of fused-ring (bicyclic) bond motifs is 11. The lowest BCUT2D eigenvalue weighted by molar-refractivity contribution is 0.353. The van der Waals surface area contributed by atoms with E-state index in [4.69, 9.17) is 0 Å². The maximum atomic E-state index is 4.42. The summed E-state index contributed by atoms with van der Waals surface area (Å²) in [5, 5.41) is 0. The highest BCUT2D eigenvalue weighted by Crippen LogP contribution is 2.58. The summed E-state index contributed by atoms with van der Waals surface area (Å²) in [6.07, 6.45) is 17.6. The lowest BCUT2D eigenvalue weighted by atomic mass is 9.68. The van der Waals surface area contributed by atoms with Gasteiger partial charge in [-0.2, -0.15) is 0 Å². The molecule has 4 aliphatic rings. The molecule has 0 N–H and O–H groups in total. The van der Waals surface area contributed by atoms with Crippen LogP contribution in [0.15, 0.2) is 438 Å². The molecule has 3 aromatic heterocycles. The molecule has 1 fully saturated rings. The summed E-state index contributed by atoms with van der Waals surface area (Å²) >= 11 is 0. The van der Waals surface area contributed by atoms with Gasteiger partial charge >= 0.3 is 0 Å². The molecule has 0 aliphatic heterocycles. The van der Waals surface area contributed by atoms with Crippen molar-refractivity contribution in [2.75, 3.05) is 14.7 Å². The second-order valence-corrected chi connectivity index (χ2v) is 33.8. The smallest absolute Gasteiger partial charge is 0.0540 e. The minimum absolute atomic E-state index is 0.0606. The van der Waals surface area contributed by atoms with Crippen molar-refractivity contribution >= 4 is 51.2 Å². The molecule has 6 heteroatoms. The average Bonchev–Trinajstić information content (AvgIpc) is 1.57. The quantitative estimate of drug-likeness (QED) is 0.102. The molecule has 1 saturated carbocycles. The lowest BCUT2D eigenvalue weighted by Crippen LogP contribution is -2.28. The van der Waals surface area contributed by atoms with Gasteiger partial charge in [-0.25, -0.2) is 0 Å². The molecule has 15 aromatic carbocycles. The Morgan fingerprint density at radius 2 is 0.520 bits per heavy atom. The summed E-state index contributed by atoms with van der Waals surface area (Å²) in [4.78, 5) is 20.1. The van der Waals surface area contributed by atoms with E-state index in [9.17, 15) is 0 Å². The second-order valence-electron chi connectivity index (χ2n) is 33.8. The number of rotatable bonds is 15. The van der Waals surface area contributed by atoms with Gasteiger partial charge < -0.3 is 14.7 Å². The van der Waals surface area contributed by atoms with Crippen LogP contribution in [0.1, 0.15) is 93.2 Å². The van der Waals surface area contributed by atoms with Crippen molar-refractivity contribution in [1.29, 1.82) is 0 Å². The number of benzene rings is 15. The Balaban J connectivity index is 0.000000117. The van der Waals surface area contributed by atoms with E-state index in [0.29, 0.717) is 0 Å². The molecule has 3 heterocycles. The van der Waals surface area contributed by atoms with Crippen LogP contribution in [0.5, 0.6) is 0 Å². The number of anilines is 9. The molecule has 592 valence electrons. The van der Waals surface area contributed by atoms with Crippen molar-refractivity contribution in [3.05, 3.63) is 471 Å². The number of nitrogens with zero attached hydrogens (tertiary/aromatic N) is 6. The largest absolute Gasteiger partial charge is 0.310 e. The summed E-state index contributed by atoms with van der Waals surface area (Å²) in [6.45, 7) is 9.35. The molecule has 22 rings (SSSR count). The van der Waals surface area contributed by atoms with Crippen molar-refractivity contribution in [3.8, 4) is 100 Å². The van der Waals surface area contributed by atoms with E-state index in [1.54, 1.807) is 0 Å². The Bertz CT molecular complexity index is 6700. The predicted molar refractivity (Wildman–Crippen MR) is 514 cm³/mol.